The van der Waals surface area contributed by atoms with Gasteiger partial charge in [-0.25, -0.2) is 0 Å². The van der Waals surface area contributed by atoms with E-state index in [0.29, 0.717) is 10.3 Å². The summed E-state index contributed by atoms with van der Waals surface area (Å²) in [5, 5.41) is 2.63. The largest absolute Gasteiger partial charge is 0.0954 e. The molecule has 9 fully saturated rings. The van der Waals surface area contributed by atoms with Crippen molar-refractivity contribution in [2.45, 2.75) is 165 Å². The molecule has 0 unspecified atom stereocenters. The molecule has 0 heterocycles. The van der Waals surface area contributed by atoms with Gasteiger partial charge in [0.15, 0.2) is 0 Å². The SMILES string of the molecule is CC(C)(C)P(C[C@@H]1CCCC[C@@H]1CP(C12CC3CC(CC(C3)C1)C2)C12CC3CC(CC(C3)C1)C2)C(C)(C)C. The molecular formula is C36H62P2. The molecule has 2 heteroatoms. The van der Waals surface area contributed by atoms with Crippen LogP contribution in [0, 0.1) is 47.3 Å². The van der Waals surface area contributed by atoms with Crippen LogP contribution in [0.25, 0.3) is 0 Å². The van der Waals surface area contributed by atoms with Crippen molar-refractivity contribution in [2.24, 2.45) is 47.3 Å². The van der Waals surface area contributed by atoms with Gasteiger partial charge in [0, 0.05) is 0 Å². The Balaban J connectivity index is 1.21. The minimum absolute atomic E-state index is 0.0359. The molecule has 216 valence electrons. The predicted octanol–water partition coefficient (Wildman–Crippen LogP) is 11.3. The fourth-order valence-corrected chi connectivity index (χ4v) is 23.1. The molecule has 0 amide bonds. The molecule has 0 aliphatic heterocycles. The summed E-state index contributed by atoms with van der Waals surface area (Å²) in [6, 6.07) is 0. The molecule has 0 saturated heterocycles. The Bertz CT molecular complexity index is 744. The van der Waals surface area contributed by atoms with Crippen LogP contribution in [0.15, 0.2) is 0 Å². The third-order valence-electron chi connectivity index (χ3n) is 13.7. The van der Waals surface area contributed by atoms with E-state index in [4.69, 9.17) is 0 Å². The summed E-state index contributed by atoms with van der Waals surface area (Å²) in [5.41, 5.74) is 0. The Morgan fingerprint density at radius 3 is 1.13 bits per heavy atom. The summed E-state index contributed by atoms with van der Waals surface area (Å²) in [4.78, 5) is 0. The molecule has 9 aliphatic carbocycles. The maximum atomic E-state index is 2.58. The second kappa shape index (κ2) is 9.69. The van der Waals surface area contributed by atoms with Crippen molar-refractivity contribution in [2.75, 3.05) is 12.3 Å². The Morgan fingerprint density at radius 2 is 0.816 bits per heavy atom. The molecule has 0 aromatic heterocycles. The van der Waals surface area contributed by atoms with E-state index < -0.39 is 0 Å². The van der Waals surface area contributed by atoms with Crippen LogP contribution < -0.4 is 0 Å². The van der Waals surface area contributed by atoms with Crippen molar-refractivity contribution in [3.63, 3.8) is 0 Å². The number of hydrogen-bond donors (Lipinski definition) is 0. The molecule has 0 spiro atoms. The summed E-state index contributed by atoms with van der Waals surface area (Å²) >= 11 is 0. The zero-order valence-electron chi connectivity index (χ0n) is 26.2. The van der Waals surface area contributed by atoms with Crippen LogP contribution in [-0.2, 0) is 0 Å². The molecule has 0 N–H and O–H groups in total. The van der Waals surface area contributed by atoms with Crippen LogP contribution in [0.3, 0.4) is 0 Å². The average Bonchev–Trinajstić information content (AvgIpc) is 2.78. The molecule has 2 atom stereocenters. The van der Waals surface area contributed by atoms with Gasteiger partial charge in [-0.15, -0.1) is 0 Å². The first-order valence-corrected chi connectivity index (χ1v) is 20.5. The zero-order valence-corrected chi connectivity index (χ0v) is 28.0. The Hall–Kier alpha value is 0.860. The van der Waals surface area contributed by atoms with Gasteiger partial charge in [0.2, 0.25) is 0 Å². The van der Waals surface area contributed by atoms with Crippen molar-refractivity contribution in [1.82, 2.24) is 0 Å². The summed E-state index contributed by atoms with van der Waals surface area (Å²) in [6.45, 7) is 15.5. The van der Waals surface area contributed by atoms with Crippen LogP contribution in [0.1, 0.15) is 144 Å². The molecule has 8 bridgehead atoms. The number of hydrogen-bond acceptors (Lipinski definition) is 0. The van der Waals surface area contributed by atoms with Crippen molar-refractivity contribution in [1.29, 1.82) is 0 Å². The van der Waals surface area contributed by atoms with Crippen molar-refractivity contribution in [3.05, 3.63) is 0 Å². The van der Waals surface area contributed by atoms with Crippen molar-refractivity contribution >= 4 is 15.8 Å². The molecule has 0 radical (unpaired) electrons. The lowest BCUT2D eigenvalue weighted by Gasteiger charge is -2.68. The predicted molar refractivity (Wildman–Crippen MR) is 170 cm³/mol. The maximum absolute atomic E-state index is 2.58. The van der Waals surface area contributed by atoms with E-state index in [0.717, 1.165) is 57.7 Å². The molecular weight excluding hydrogens is 494 g/mol. The van der Waals surface area contributed by atoms with Crippen LogP contribution >= 0.6 is 15.8 Å². The molecule has 38 heavy (non-hydrogen) atoms. The highest BCUT2D eigenvalue weighted by Crippen LogP contribution is 2.79. The van der Waals surface area contributed by atoms with Gasteiger partial charge in [-0.3, -0.25) is 0 Å². The smallest absolute Gasteiger partial charge is 0.00814 e. The zero-order chi connectivity index (χ0) is 26.5. The summed E-state index contributed by atoms with van der Waals surface area (Å²) in [7, 11) is 0.204. The lowest BCUT2D eigenvalue weighted by Crippen LogP contribution is -2.57. The molecule has 9 aliphatic rings. The van der Waals surface area contributed by atoms with E-state index in [1.54, 1.807) is 109 Å². The van der Waals surface area contributed by atoms with E-state index in [2.05, 4.69) is 41.5 Å². The van der Waals surface area contributed by atoms with Crippen LogP contribution in [0.5, 0.6) is 0 Å². The first-order valence-electron chi connectivity index (χ1n) is 17.5. The molecule has 0 aromatic rings. The van der Waals surface area contributed by atoms with E-state index in [9.17, 15) is 0 Å². The minimum Gasteiger partial charge on any atom is -0.0954 e. The van der Waals surface area contributed by atoms with Crippen LogP contribution in [0.4, 0.5) is 0 Å². The molecule has 0 aromatic carbocycles. The monoisotopic (exact) mass is 556 g/mol. The van der Waals surface area contributed by atoms with Gasteiger partial charge in [0.1, 0.15) is 0 Å². The second-order valence-electron chi connectivity index (χ2n) is 18.7. The lowest BCUT2D eigenvalue weighted by atomic mass is 9.55. The van der Waals surface area contributed by atoms with Crippen molar-refractivity contribution < 1.29 is 0 Å². The summed E-state index contributed by atoms with van der Waals surface area (Å²) < 4.78 is 0. The van der Waals surface area contributed by atoms with E-state index in [1.165, 1.54) is 6.42 Å². The highest BCUT2D eigenvalue weighted by Gasteiger charge is 2.62. The van der Waals surface area contributed by atoms with Gasteiger partial charge in [-0.1, -0.05) is 70.2 Å². The third-order valence-corrected chi connectivity index (χ3v) is 22.0. The summed E-state index contributed by atoms with van der Waals surface area (Å²) in [6.07, 6.45) is 29.5. The van der Waals surface area contributed by atoms with Crippen LogP contribution in [0.2, 0.25) is 0 Å². The van der Waals surface area contributed by atoms with E-state index >= 15 is 0 Å². The quantitative estimate of drug-likeness (QED) is 0.285. The minimum atomic E-state index is 0.0359. The van der Waals surface area contributed by atoms with Gasteiger partial charge in [-0.05, 0) is 170 Å². The standard InChI is InChI=1S/C36H62P2/c1-33(2,3)37(34(4,5)6)23-31-9-7-8-10-32(31)24-38(35-17-25-11-26(18-35)13-27(12-25)19-35)36-20-28-14-29(21-36)16-30(15-28)22-36/h25-32H,7-24H2,1-6H3/t25?,26?,27?,28?,29?,30?,31-,32+,35?,36?,38?/m0/s1. The summed E-state index contributed by atoms with van der Waals surface area (Å²) in [5.74, 6) is 8.93. The fourth-order valence-electron chi connectivity index (χ4n) is 13.5. The Labute approximate surface area is 239 Å². The lowest BCUT2D eigenvalue weighted by molar-refractivity contribution is 0.0180. The molecule has 9 saturated carbocycles. The molecule has 9 rings (SSSR count). The van der Waals surface area contributed by atoms with Crippen molar-refractivity contribution in [3.8, 4) is 0 Å². The van der Waals surface area contributed by atoms with Gasteiger partial charge >= 0.3 is 0 Å². The first kappa shape index (κ1) is 27.7. The van der Waals surface area contributed by atoms with Gasteiger partial charge in [-0.2, -0.15) is 0 Å². The highest BCUT2D eigenvalue weighted by atomic mass is 31.1. The van der Waals surface area contributed by atoms with E-state index in [1.807, 2.05) is 0 Å². The first-order chi connectivity index (χ1) is 17.9. The molecule has 0 nitrogen and oxygen atoms in total. The van der Waals surface area contributed by atoms with E-state index in [-0.39, 0.29) is 15.8 Å². The Kier molecular flexibility index (Phi) is 7.06. The fraction of sp³-hybridized carbons (Fsp3) is 1.00. The second-order valence-corrected chi connectivity index (χ2v) is 25.7. The highest BCUT2D eigenvalue weighted by molar-refractivity contribution is 7.61. The maximum Gasteiger partial charge on any atom is -0.00814 e. The van der Waals surface area contributed by atoms with Crippen LogP contribution in [-0.4, -0.2) is 32.9 Å². The Morgan fingerprint density at radius 1 is 0.500 bits per heavy atom. The number of rotatable bonds is 6. The normalized spacial score (nSPS) is 48.7. The third kappa shape index (κ3) is 4.95. The van der Waals surface area contributed by atoms with Gasteiger partial charge in [0.25, 0.3) is 0 Å². The average molecular weight is 557 g/mol. The topological polar surface area (TPSA) is 0 Å². The van der Waals surface area contributed by atoms with Gasteiger partial charge in [0.05, 0.1) is 0 Å². The van der Waals surface area contributed by atoms with Gasteiger partial charge < -0.3 is 0 Å².